The van der Waals surface area contributed by atoms with Crippen LogP contribution in [0, 0.1) is 23.7 Å². The van der Waals surface area contributed by atoms with E-state index in [0.29, 0.717) is 25.4 Å². The number of carbonyl (C=O) groups excluding carboxylic acids is 4. The number of carboxylic acids is 1. The van der Waals surface area contributed by atoms with E-state index in [1.807, 2.05) is 25.7 Å². The second kappa shape index (κ2) is 21.4. The number of likely N-dealkylation sites (tertiary alicyclic amines) is 2. The van der Waals surface area contributed by atoms with E-state index in [0.717, 1.165) is 45.4 Å². The quantitative estimate of drug-likeness (QED) is 0.258. The molecule has 6 fully saturated rings. The number of nitrogens with one attached hydrogen (secondary N) is 1. The van der Waals surface area contributed by atoms with Crippen LogP contribution in [0.1, 0.15) is 113 Å². The molecule has 354 valence electrons. The third kappa shape index (κ3) is 17.1. The summed E-state index contributed by atoms with van der Waals surface area (Å²) < 4.78 is 85.3. The lowest BCUT2D eigenvalue weighted by atomic mass is 9.80. The molecular formula is C41H68ClF6N5O8. The maximum atomic E-state index is 12.9. The summed E-state index contributed by atoms with van der Waals surface area (Å²) >= 11 is 0. The first-order valence-corrected chi connectivity index (χ1v) is 21.0. The Morgan fingerprint density at radius 2 is 1.05 bits per heavy atom. The minimum atomic E-state index is -2.71. The zero-order valence-corrected chi connectivity index (χ0v) is 37.9. The molecule has 2 N–H and O–H groups in total. The van der Waals surface area contributed by atoms with E-state index >= 15 is 0 Å². The van der Waals surface area contributed by atoms with Gasteiger partial charge in [-0.15, -0.1) is 12.4 Å². The molecule has 61 heavy (non-hydrogen) atoms. The van der Waals surface area contributed by atoms with Crippen LogP contribution in [0.4, 0.5) is 35.9 Å². The highest BCUT2D eigenvalue weighted by molar-refractivity contribution is 5.85. The van der Waals surface area contributed by atoms with Gasteiger partial charge in [-0.2, -0.15) is 0 Å². The number of alkyl halides is 6. The van der Waals surface area contributed by atoms with Crippen molar-refractivity contribution in [2.75, 3.05) is 53.4 Å². The second-order valence-electron chi connectivity index (χ2n) is 19.1. The van der Waals surface area contributed by atoms with Crippen molar-refractivity contribution >= 4 is 42.4 Å². The molecule has 20 heteroatoms. The van der Waals surface area contributed by atoms with Crippen molar-refractivity contribution in [3.8, 4) is 0 Å². The predicted octanol–water partition coefficient (Wildman–Crippen LogP) is 7.54. The molecule has 0 bridgehead atoms. The summed E-state index contributed by atoms with van der Waals surface area (Å²) in [5.41, 5.74) is -0.935. The molecule has 3 aliphatic carbocycles. The highest BCUT2D eigenvalue weighted by Crippen LogP contribution is 2.45. The van der Waals surface area contributed by atoms with E-state index in [1.165, 1.54) is 4.90 Å². The Morgan fingerprint density at radius 1 is 0.656 bits per heavy atom. The number of amides is 4. The lowest BCUT2D eigenvalue weighted by molar-refractivity contribution is -0.165. The summed E-state index contributed by atoms with van der Waals surface area (Å²) in [7, 11) is 3.35. The third-order valence-corrected chi connectivity index (χ3v) is 11.5. The molecule has 6 aliphatic rings. The monoisotopic (exact) mass is 907 g/mol. The van der Waals surface area contributed by atoms with E-state index in [-0.39, 0.29) is 73.7 Å². The van der Waals surface area contributed by atoms with Gasteiger partial charge in [-0.25, -0.2) is 35.9 Å². The van der Waals surface area contributed by atoms with Gasteiger partial charge in [-0.05, 0) is 73.3 Å². The van der Waals surface area contributed by atoms with E-state index in [4.69, 9.17) is 14.6 Å². The largest absolute Gasteiger partial charge is 0.481 e. The smallest absolute Gasteiger partial charge is 0.410 e. The first-order chi connectivity index (χ1) is 27.4. The van der Waals surface area contributed by atoms with Crippen LogP contribution in [-0.4, -0.2) is 149 Å². The van der Waals surface area contributed by atoms with Crippen LogP contribution in [0.5, 0.6) is 0 Å². The van der Waals surface area contributed by atoms with Crippen LogP contribution < -0.4 is 5.32 Å². The van der Waals surface area contributed by atoms with Gasteiger partial charge < -0.3 is 39.5 Å². The van der Waals surface area contributed by atoms with Gasteiger partial charge in [0.15, 0.2) is 0 Å². The summed E-state index contributed by atoms with van der Waals surface area (Å²) in [4.78, 5) is 64.0. The molecule has 3 aliphatic heterocycles. The number of carbonyl (C=O) groups is 5. The molecule has 3 atom stereocenters. The number of aliphatic carboxylic acids is 1. The van der Waals surface area contributed by atoms with Gasteiger partial charge in [0.2, 0.25) is 29.6 Å². The van der Waals surface area contributed by atoms with Crippen molar-refractivity contribution in [1.29, 1.82) is 0 Å². The Morgan fingerprint density at radius 3 is 1.38 bits per heavy atom. The van der Waals surface area contributed by atoms with Crippen molar-refractivity contribution in [3.63, 3.8) is 0 Å². The number of hydrogen-bond donors (Lipinski definition) is 2. The topological polar surface area (TPSA) is 149 Å². The summed E-state index contributed by atoms with van der Waals surface area (Å²) in [5.74, 6) is -10.7. The average molecular weight is 908 g/mol. The van der Waals surface area contributed by atoms with Crippen LogP contribution >= 0.6 is 12.4 Å². The van der Waals surface area contributed by atoms with Crippen molar-refractivity contribution in [3.05, 3.63) is 0 Å². The van der Waals surface area contributed by atoms with Crippen LogP contribution in [0.25, 0.3) is 0 Å². The number of rotatable bonds is 6. The van der Waals surface area contributed by atoms with E-state index in [1.54, 1.807) is 44.7 Å². The van der Waals surface area contributed by atoms with Gasteiger partial charge >= 0.3 is 18.2 Å². The molecule has 0 unspecified atom stereocenters. The Kier molecular flexibility index (Phi) is 18.9. The molecule has 0 aromatic rings. The first kappa shape index (κ1) is 53.9. The molecule has 3 heterocycles. The average Bonchev–Trinajstić information content (AvgIpc) is 3.89. The van der Waals surface area contributed by atoms with Gasteiger partial charge in [0.25, 0.3) is 0 Å². The van der Waals surface area contributed by atoms with Crippen molar-refractivity contribution < 1.29 is 64.9 Å². The van der Waals surface area contributed by atoms with Gasteiger partial charge in [-0.1, -0.05) is 13.3 Å². The fourth-order valence-corrected chi connectivity index (χ4v) is 7.62. The summed E-state index contributed by atoms with van der Waals surface area (Å²) in [6.07, 6.45) is 1.05. The number of carboxylic acid groups (broad SMARTS) is 1. The second-order valence-corrected chi connectivity index (χ2v) is 19.1. The Bertz CT molecular complexity index is 1490. The van der Waals surface area contributed by atoms with E-state index in [2.05, 4.69) is 12.2 Å². The van der Waals surface area contributed by atoms with Crippen molar-refractivity contribution in [2.24, 2.45) is 23.7 Å². The standard InChI is InChI=1S/C15H24F2N2O3.C11H21NO2.C10H16F2N2O.C5H6F2O2.ClH/c1-14(2,3)22-13(21)19-6-5-11(9-19)18(4)12(20)10-7-15(16,17)8-10;1-5-9-6-7-12(8-9)10(13)14-11(2,3)4;1-14(8-2-3-13-6-8)9(15)7-4-10(11,12)5-7;6-5(7)1-3(2-5)4(8)9;/h10-11H,5-9H2,1-4H3;9H,5-8H2,1-4H3;7-8,13H,2-6H2,1H3;3H,1-2H2,(H,8,9);1H/t11-;9-;8-;;/m000../s1. The number of ether oxygens (including phenoxy) is 2. The number of hydrogen-bond acceptors (Lipinski definition) is 8. The number of nitrogens with zero attached hydrogens (tertiary/aromatic N) is 4. The van der Waals surface area contributed by atoms with Crippen LogP contribution in [0.15, 0.2) is 0 Å². The molecule has 0 radical (unpaired) electrons. The molecule has 0 aromatic carbocycles. The lowest BCUT2D eigenvalue weighted by Gasteiger charge is -2.37. The van der Waals surface area contributed by atoms with E-state index < -0.39 is 66.0 Å². The molecule has 3 saturated heterocycles. The molecule has 6 rings (SSSR count). The van der Waals surface area contributed by atoms with Crippen LogP contribution in [0.3, 0.4) is 0 Å². The van der Waals surface area contributed by atoms with Gasteiger partial charge in [0, 0.05) is 103 Å². The highest BCUT2D eigenvalue weighted by Gasteiger charge is 2.51. The molecule has 13 nitrogen and oxygen atoms in total. The number of likely N-dealkylation sites (N-methyl/N-ethyl adjacent to an activating group) is 2. The maximum Gasteiger partial charge on any atom is 0.410 e. The minimum Gasteiger partial charge on any atom is -0.481 e. The minimum absolute atomic E-state index is 0. The fraction of sp³-hybridized carbons (Fsp3) is 0.878. The van der Waals surface area contributed by atoms with Crippen LogP contribution in [0.2, 0.25) is 0 Å². The number of halogens is 7. The van der Waals surface area contributed by atoms with Gasteiger partial charge in [-0.3, -0.25) is 14.4 Å². The molecule has 0 spiro atoms. The lowest BCUT2D eigenvalue weighted by Crippen LogP contribution is -2.49. The fourth-order valence-electron chi connectivity index (χ4n) is 7.62. The highest BCUT2D eigenvalue weighted by atomic mass is 35.5. The summed E-state index contributed by atoms with van der Waals surface area (Å²) in [6, 6.07) is 0.0564. The summed E-state index contributed by atoms with van der Waals surface area (Å²) in [5, 5.41) is 11.3. The van der Waals surface area contributed by atoms with Gasteiger partial charge in [0.05, 0.1) is 12.0 Å². The Balaban J connectivity index is 0.000000291. The van der Waals surface area contributed by atoms with E-state index in [9.17, 15) is 50.3 Å². The molecule has 4 amide bonds. The Labute approximate surface area is 362 Å². The summed E-state index contributed by atoms with van der Waals surface area (Å²) in [6.45, 7) is 17.6. The van der Waals surface area contributed by atoms with Crippen LogP contribution in [-0.2, 0) is 23.9 Å². The van der Waals surface area contributed by atoms with Crippen molar-refractivity contribution in [1.82, 2.24) is 24.9 Å². The molecule has 0 aromatic heterocycles. The third-order valence-electron chi connectivity index (χ3n) is 11.5. The zero-order chi connectivity index (χ0) is 45.6. The zero-order valence-electron chi connectivity index (χ0n) is 37.0. The maximum absolute atomic E-state index is 12.9. The normalized spacial score (nSPS) is 25.2. The molecular weight excluding hydrogens is 840 g/mol. The predicted molar refractivity (Wildman–Crippen MR) is 217 cm³/mol. The van der Waals surface area contributed by atoms with Gasteiger partial charge in [0.1, 0.15) is 11.2 Å². The first-order valence-electron chi connectivity index (χ1n) is 21.0. The Hall–Kier alpha value is -3.22. The van der Waals surface area contributed by atoms with Crippen molar-refractivity contribution in [2.45, 2.75) is 154 Å². The molecule has 3 saturated carbocycles. The SMILES string of the molecule is CC[C@H]1CCN(C(=O)OC(C)(C)C)C1.CN(C(=O)C1CC(F)(F)C1)[C@H]1CCN(C(=O)OC(C)(C)C)C1.CN(C(=O)C1CC(F)(F)C1)[C@H]1CCNC1.Cl.O=C(O)C1CC(F)(F)C1.